The first-order chi connectivity index (χ1) is 15.7. The van der Waals surface area contributed by atoms with Crippen LogP contribution in [0.1, 0.15) is 81.0 Å². The van der Waals surface area contributed by atoms with Crippen LogP contribution in [0, 0.1) is 0 Å². The lowest BCUT2D eigenvalue weighted by Crippen LogP contribution is -2.18. The fourth-order valence-electron chi connectivity index (χ4n) is 4.01. The Hall–Kier alpha value is -3.27. The van der Waals surface area contributed by atoms with E-state index in [-0.39, 0.29) is 22.3 Å². The largest absolute Gasteiger partial charge is 0.507 e. The summed E-state index contributed by atoms with van der Waals surface area (Å²) in [6, 6.07) is 7.51. The molecule has 2 rings (SSSR count). The van der Waals surface area contributed by atoms with Crippen LogP contribution < -0.4 is 0 Å². The highest BCUT2D eigenvalue weighted by molar-refractivity contribution is 5.82. The molecule has 0 aliphatic rings. The Labute approximate surface area is 204 Å². The van der Waals surface area contributed by atoms with Crippen molar-refractivity contribution in [1.29, 1.82) is 0 Å². The normalized spacial score (nSPS) is 11.9. The molecule has 2 N–H and O–H groups in total. The fourth-order valence-corrected chi connectivity index (χ4v) is 4.01. The first-order valence-corrected chi connectivity index (χ1v) is 11.5. The van der Waals surface area contributed by atoms with Gasteiger partial charge in [0.1, 0.15) is 11.5 Å². The lowest BCUT2D eigenvalue weighted by molar-refractivity contribution is -0.141. The third-order valence-electron chi connectivity index (χ3n) is 5.74. The van der Waals surface area contributed by atoms with Crippen molar-refractivity contribution in [3.05, 3.63) is 95.6 Å². The van der Waals surface area contributed by atoms with E-state index in [0.717, 1.165) is 28.3 Å². The van der Waals surface area contributed by atoms with Crippen molar-refractivity contribution in [2.75, 3.05) is 0 Å². The maximum absolute atomic E-state index is 12.4. The maximum Gasteiger partial charge on any atom is 0.331 e. The molecule has 0 atom stereocenters. The molecule has 0 spiro atoms. The van der Waals surface area contributed by atoms with Crippen LogP contribution in [0.25, 0.3) is 0 Å². The summed E-state index contributed by atoms with van der Waals surface area (Å²) in [7, 11) is 0. The zero-order valence-electron chi connectivity index (χ0n) is 21.4. The highest BCUT2D eigenvalue weighted by Gasteiger charge is 2.32. The predicted molar refractivity (Wildman–Crippen MR) is 140 cm³/mol. The van der Waals surface area contributed by atoms with E-state index in [1.165, 1.54) is 0 Å². The molecule has 0 unspecified atom stereocenters. The van der Waals surface area contributed by atoms with Crippen LogP contribution in [0.2, 0.25) is 0 Å². The zero-order chi connectivity index (χ0) is 25.8. The molecule has 4 heteroatoms. The second-order valence-corrected chi connectivity index (χ2v) is 10.7. The molecular weight excluding hydrogens is 424 g/mol. The molecule has 0 heterocycles. The van der Waals surface area contributed by atoms with Crippen LogP contribution in [-0.4, -0.2) is 16.2 Å². The Bertz CT molecular complexity index is 1020. The molecule has 0 bridgehead atoms. The lowest BCUT2D eigenvalue weighted by atomic mass is 9.80. The van der Waals surface area contributed by atoms with Gasteiger partial charge < -0.3 is 14.9 Å². The number of benzene rings is 2. The molecule has 4 nitrogen and oxygen atoms in total. The van der Waals surface area contributed by atoms with E-state index in [2.05, 4.69) is 19.7 Å². The van der Waals surface area contributed by atoms with Crippen molar-refractivity contribution in [3.63, 3.8) is 0 Å². The van der Waals surface area contributed by atoms with Gasteiger partial charge in [0.25, 0.3) is 0 Å². The van der Waals surface area contributed by atoms with E-state index in [4.69, 9.17) is 4.74 Å². The van der Waals surface area contributed by atoms with Gasteiger partial charge in [0.15, 0.2) is 6.10 Å². The number of aromatic hydroxyl groups is 2. The number of phenolic OH excluding ortho intramolecular Hbond substituents is 2. The first kappa shape index (κ1) is 27.0. The van der Waals surface area contributed by atoms with E-state index in [9.17, 15) is 15.0 Å². The molecule has 0 amide bonds. The Morgan fingerprint density at radius 2 is 1.21 bits per heavy atom. The average Bonchev–Trinajstić information content (AvgIpc) is 2.73. The predicted octanol–water partition coefficient (Wildman–Crippen LogP) is 6.97. The number of phenols is 2. The second-order valence-electron chi connectivity index (χ2n) is 10.7. The summed E-state index contributed by atoms with van der Waals surface area (Å²) in [5.74, 6) is -0.581. The average molecular weight is 463 g/mol. The number of carbonyl (C=O) groups is 1. The van der Waals surface area contributed by atoms with Gasteiger partial charge in [-0.15, -0.1) is 13.2 Å². The smallest absolute Gasteiger partial charge is 0.331 e. The number of ether oxygens (including phenoxy) is 1. The molecule has 0 radical (unpaired) electrons. The number of allylic oxidation sites excluding steroid dienone is 2. The molecule has 0 fully saturated rings. The minimum atomic E-state index is -1.04. The van der Waals surface area contributed by atoms with Crippen LogP contribution >= 0.6 is 0 Å². The minimum Gasteiger partial charge on any atom is -0.507 e. The van der Waals surface area contributed by atoms with Crippen LogP contribution in [0.5, 0.6) is 11.5 Å². The van der Waals surface area contributed by atoms with Gasteiger partial charge >= 0.3 is 5.97 Å². The second kappa shape index (κ2) is 10.3. The fraction of sp³-hybridized carbons (Fsp3) is 0.367. The Morgan fingerprint density at radius 1 is 0.824 bits per heavy atom. The summed E-state index contributed by atoms with van der Waals surface area (Å²) in [5.41, 5.74) is 3.36. The van der Waals surface area contributed by atoms with Crippen LogP contribution in [0.15, 0.2) is 62.2 Å². The molecule has 0 saturated carbocycles. The standard InChI is InChI=1S/C30H38O4/c1-10-13-19-15-21(26(32)23(17-19)29(4,5)6)28(34-25(31)12-3)22-16-20(14-11-2)18-24(27(22)33)30(7,8)9/h10-12,15-18,28,32-33H,1-3,13-14H2,4-9H3. The van der Waals surface area contributed by atoms with Gasteiger partial charge in [0.05, 0.1) is 0 Å². The third kappa shape index (κ3) is 5.99. The van der Waals surface area contributed by atoms with E-state index in [1.54, 1.807) is 12.2 Å². The van der Waals surface area contributed by atoms with Crippen LogP contribution in [0.3, 0.4) is 0 Å². The van der Waals surface area contributed by atoms with Crippen molar-refractivity contribution in [2.24, 2.45) is 0 Å². The van der Waals surface area contributed by atoms with E-state index in [1.807, 2.05) is 65.8 Å². The molecule has 34 heavy (non-hydrogen) atoms. The number of hydrogen-bond acceptors (Lipinski definition) is 4. The number of rotatable bonds is 8. The minimum absolute atomic E-state index is 0.0352. The van der Waals surface area contributed by atoms with Crippen molar-refractivity contribution in [1.82, 2.24) is 0 Å². The summed E-state index contributed by atoms with van der Waals surface area (Å²) in [5, 5.41) is 22.8. The number of carbonyl (C=O) groups excluding carboxylic acids is 1. The van der Waals surface area contributed by atoms with Crippen molar-refractivity contribution < 1.29 is 19.7 Å². The molecule has 0 aromatic heterocycles. The molecule has 0 aliphatic carbocycles. The topological polar surface area (TPSA) is 66.8 Å². The summed E-state index contributed by atoms with van der Waals surface area (Å²) < 4.78 is 5.81. The zero-order valence-corrected chi connectivity index (χ0v) is 21.4. The van der Waals surface area contributed by atoms with E-state index < -0.39 is 12.1 Å². The summed E-state index contributed by atoms with van der Waals surface area (Å²) in [6.07, 6.45) is 4.77. The first-order valence-electron chi connectivity index (χ1n) is 11.5. The highest BCUT2D eigenvalue weighted by Crippen LogP contribution is 2.45. The highest BCUT2D eigenvalue weighted by atomic mass is 16.5. The monoisotopic (exact) mass is 462 g/mol. The molecule has 182 valence electrons. The SMILES string of the molecule is C=CCc1cc(C(OC(=O)C=C)c2cc(CC=C)cc(C(C)(C)C)c2O)c(O)c(C(C)(C)C)c1. The molecule has 2 aromatic rings. The van der Waals surface area contributed by atoms with Crippen LogP contribution in [-0.2, 0) is 33.2 Å². The third-order valence-corrected chi connectivity index (χ3v) is 5.74. The van der Waals surface area contributed by atoms with Crippen molar-refractivity contribution in [3.8, 4) is 11.5 Å². The van der Waals surface area contributed by atoms with E-state index >= 15 is 0 Å². The van der Waals surface area contributed by atoms with Crippen LogP contribution in [0.4, 0.5) is 0 Å². The quantitative estimate of drug-likeness (QED) is 0.253. The van der Waals surface area contributed by atoms with Gasteiger partial charge in [-0.2, -0.15) is 0 Å². The molecular formula is C30H38O4. The van der Waals surface area contributed by atoms with Gasteiger partial charge in [-0.3, -0.25) is 0 Å². The Morgan fingerprint density at radius 3 is 1.50 bits per heavy atom. The van der Waals surface area contributed by atoms with Gasteiger partial charge in [-0.25, -0.2) is 4.79 Å². The van der Waals surface area contributed by atoms with Gasteiger partial charge in [-0.1, -0.05) is 72.4 Å². The van der Waals surface area contributed by atoms with Gasteiger partial charge in [-0.05, 0) is 58.1 Å². The summed E-state index contributed by atoms with van der Waals surface area (Å²) in [4.78, 5) is 12.4. The van der Waals surface area contributed by atoms with Crippen molar-refractivity contribution in [2.45, 2.75) is 71.3 Å². The summed E-state index contributed by atoms with van der Waals surface area (Å²) >= 11 is 0. The Balaban J connectivity index is 2.96. The van der Waals surface area contributed by atoms with Gasteiger partial charge in [0, 0.05) is 17.2 Å². The number of hydrogen-bond donors (Lipinski definition) is 2. The lowest BCUT2D eigenvalue weighted by Gasteiger charge is -2.29. The molecule has 0 saturated heterocycles. The summed E-state index contributed by atoms with van der Waals surface area (Å²) in [6.45, 7) is 23.3. The number of esters is 1. The van der Waals surface area contributed by atoms with Gasteiger partial charge in [0.2, 0.25) is 0 Å². The van der Waals surface area contributed by atoms with Crippen molar-refractivity contribution >= 4 is 5.97 Å². The Kier molecular flexibility index (Phi) is 8.20. The van der Waals surface area contributed by atoms with E-state index in [0.29, 0.717) is 24.0 Å². The molecule has 2 aromatic carbocycles. The maximum atomic E-state index is 12.4. The molecule has 0 aliphatic heterocycles.